The van der Waals surface area contributed by atoms with Gasteiger partial charge in [-0.05, 0) is 37.3 Å². The molecule has 29 heavy (non-hydrogen) atoms. The lowest BCUT2D eigenvalue weighted by Gasteiger charge is -2.43. The van der Waals surface area contributed by atoms with E-state index in [0.29, 0.717) is 50.4 Å². The van der Waals surface area contributed by atoms with E-state index in [2.05, 4.69) is 20.8 Å². The zero-order valence-electron chi connectivity index (χ0n) is 18.5. The second-order valence-corrected chi connectivity index (χ2v) is 11.5. The predicted molar refractivity (Wildman–Crippen MR) is 113 cm³/mol. The Labute approximate surface area is 175 Å². The molecule has 0 bridgehead atoms. The van der Waals surface area contributed by atoms with E-state index in [-0.39, 0.29) is 11.3 Å². The van der Waals surface area contributed by atoms with E-state index in [1.54, 1.807) is 4.31 Å². The Morgan fingerprint density at radius 3 is 2.14 bits per heavy atom. The molecule has 0 unspecified atom stereocenters. The number of hydrogen-bond acceptors (Lipinski definition) is 4. The van der Waals surface area contributed by atoms with Crippen molar-refractivity contribution in [2.75, 3.05) is 26.2 Å². The molecule has 1 amide bonds. The summed E-state index contributed by atoms with van der Waals surface area (Å²) >= 11 is 0. The normalized spacial score (nSPS) is 20.4. The van der Waals surface area contributed by atoms with Crippen LogP contribution < -0.4 is 0 Å². The van der Waals surface area contributed by atoms with E-state index in [1.807, 2.05) is 37.8 Å². The van der Waals surface area contributed by atoms with E-state index in [0.717, 1.165) is 16.7 Å². The van der Waals surface area contributed by atoms with E-state index in [1.165, 1.54) is 0 Å². The van der Waals surface area contributed by atoms with E-state index in [4.69, 9.17) is 4.74 Å². The van der Waals surface area contributed by atoms with Crippen molar-refractivity contribution in [2.24, 2.45) is 5.41 Å². The molecule has 7 heteroatoms. The van der Waals surface area contributed by atoms with Crippen LogP contribution in [-0.2, 0) is 19.6 Å². The van der Waals surface area contributed by atoms with Gasteiger partial charge >= 0.3 is 0 Å². The van der Waals surface area contributed by atoms with E-state index < -0.39 is 15.7 Å². The quantitative estimate of drug-likeness (QED) is 0.749. The van der Waals surface area contributed by atoms with Crippen LogP contribution in [0.2, 0.25) is 0 Å². The summed E-state index contributed by atoms with van der Waals surface area (Å²) in [6.07, 6.45) is 1.50. The molecular weight excluding hydrogens is 388 g/mol. The van der Waals surface area contributed by atoms with Crippen LogP contribution in [-0.4, -0.2) is 55.5 Å². The van der Waals surface area contributed by atoms with Crippen molar-refractivity contribution in [1.82, 2.24) is 9.21 Å². The third kappa shape index (κ3) is 4.37. The lowest BCUT2D eigenvalue weighted by atomic mass is 9.91. The first-order chi connectivity index (χ1) is 13.4. The maximum absolute atomic E-state index is 13.6. The fourth-order valence-corrected chi connectivity index (χ4v) is 6.82. The molecular formula is C22H34N2O4S. The number of piperidine rings is 1. The second-order valence-electron chi connectivity index (χ2n) is 9.72. The lowest BCUT2D eigenvalue weighted by molar-refractivity contribution is -0.141. The van der Waals surface area contributed by atoms with Gasteiger partial charge < -0.3 is 9.64 Å². The second kappa shape index (κ2) is 7.67. The standard InChI is InChI=1S/C22H34N2O4S/c1-16-13-17(2)20(18(3)14-16)29(26,27)24-11-12-28-22(24)7-9-23(10-8-22)19(25)15-21(4,5)6/h13-14H,7-12,15H2,1-6H3. The van der Waals surface area contributed by atoms with Crippen molar-refractivity contribution in [2.45, 2.75) is 71.4 Å². The average molecular weight is 423 g/mol. The number of nitrogens with zero attached hydrogens (tertiary/aromatic N) is 2. The highest BCUT2D eigenvalue weighted by atomic mass is 32.2. The van der Waals surface area contributed by atoms with Crippen molar-refractivity contribution >= 4 is 15.9 Å². The minimum absolute atomic E-state index is 0.0635. The molecule has 3 rings (SSSR count). The first-order valence-electron chi connectivity index (χ1n) is 10.4. The third-order valence-corrected chi connectivity index (χ3v) is 8.11. The highest BCUT2D eigenvalue weighted by Gasteiger charge is 2.51. The van der Waals surface area contributed by atoms with Crippen molar-refractivity contribution < 1.29 is 17.9 Å². The van der Waals surface area contributed by atoms with Gasteiger partial charge in [0, 0.05) is 38.9 Å². The monoisotopic (exact) mass is 422 g/mol. The molecule has 162 valence electrons. The summed E-state index contributed by atoms with van der Waals surface area (Å²) in [6, 6.07) is 3.83. The number of ether oxygens (including phenoxy) is 1. The molecule has 1 aromatic rings. The number of benzene rings is 1. The fourth-order valence-electron chi connectivity index (χ4n) is 4.68. The molecule has 0 N–H and O–H groups in total. The molecule has 0 radical (unpaired) electrons. The van der Waals surface area contributed by atoms with Crippen LogP contribution in [0.1, 0.15) is 56.7 Å². The summed E-state index contributed by atoms with van der Waals surface area (Å²) in [5.41, 5.74) is 1.68. The van der Waals surface area contributed by atoms with Gasteiger partial charge in [0.05, 0.1) is 11.5 Å². The number of carbonyl (C=O) groups excluding carboxylic acids is 1. The molecule has 1 aromatic carbocycles. The zero-order valence-corrected chi connectivity index (χ0v) is 19.4. The molecule has 6 nitrogen and oxygen atoms in total. The van der Waals surface area contributed by atoms with Crippen LogP contribution in [0.15, 0.2) is 17.0 Å². The highest BCUT2D eigenvalue weighted by Crippen LogP contribution is 2.40. The van der Waals surface area contributed by atoms with Gasteiger partial charge in [0.25, 0.3) is 0 Å². The molecule has 2 fully saturated rings. The molecule has 2 aliphatic rings. The van der Waals surface area contributed by atoms with Crippen molar-refractivity contribution in [3.8, 4) is 0 Å². The lowest BCUT2D eigenvalue weighted by Crippen LogP contribution is -2.56. The van der Waals surface area contributed by atoms with Crippen molar-refractivity contribution in [1.29, 1.82) is 0 Å². The van der Waals surface area contributed by atoms with Crippen LogP contribution in [0.3, 0.4) is 0 Å². The Morgan fingerprint density at radius 2 is 1.62 bits per heavy atom. The van der Waals surface area contributed by atoms with Crippen LogP contribution in [0.5, 0.6) is 0 Å². The molecule has 2 heterocycles. The van der Waals surface area contributed by atoms with Gasteiger partial charge in [0.1, 0.15) is 5.72 Å². The Kier molecular flexibility index (Phi) is 5.89. The van der Waals surface area contributed by atoms with Crippen LogP contribution in [0.25, 0.3) is 0 Å². The van der Waals surface area contributed by atoms with E-state index >= 15 is 0 Å². The van der Waals surface area contributed by atoms with Gasteiger partial charge in [0.2, 0.25) is 15.9 Å². The molecule has 1 spiro atoms. The molecule has 0 saturated carbocycles. The van der Waals surface area contributed by atoms with Gasteiger partial charge in [-0.25, -0.2) is 8.42 Å². The maximum Gasteiger partial charge on any atom is 0.246 e. The average Bonchev–Trinajstić information content (AvgIpc) is 2.96. The Balaban J connectivity index is 1.83. The van der Waals surface area contributed by atoms with Gasteiger partial charge in [-0.1, -0.05) is 38.5 Å². The fraction of sp³-hybridized carbons (Fsp3) is 0.682. The summed E-state index contributed by atoms with van der Waals surface area (Å²) in [5, 5.41) is 0. The Bertz CT molecular complexity index is 871. The first-order valence-corrected chi connectivity index (χ1v) is 11.8. The van der Waals surface area contributed by atoms with Gasteiger partial charge in [-0.2, -0.15) is 4.31 Å². The molecule has 2 aliphatic heterocycles. The topological polar surface area (TPSA) is 66.9 Å². The van der Waals surface area contributed by atoms with Crippen LogP contribution >= 0.6 is 0 Å². The zero-order chi connectivity index (χ0) is 21.6. The van der Waals surface area contributed by atoms with Crippen LogP contribution in [0, 0.1) is 26.2 Å². The largest absolute Gasteiger partial charge is 0.358 e. The number of aryl methyl sites for hydroxylation is 3. The highest BCUT2D eigenvalue weighted by molar-refractivity contribution is 7.89. The number of likely N-dealkylation sites (tertiary alicyclic amines) is 1. The number of hydrogen-bond donors (Lipinski definition) is 0. The summed E-state index contributed by atoms with van der Waals surface area (Å²) in [7, 11) is -3.69. The van der Waals surface area contributed by atoms with Crippen LogP contribution in [0.4, 0.5) is 0 Å². The maximum atomic E-state index is 13.6. The third-order valence-electron chi connectivity index (χ3n) is 5.85. The summed E-state index contributed by atoms with van der Waals surface area (Å²) in [4.78, 5) is 14.8. The number of rotatable bonds is 3. The van der Waals surface area contributed by atoms with Gasteiger partial charge in [-0.15, -0.1) is 0 Å². The minimum Gasteiger partial charge on any atom is -0.358 e. The van der Waals surface area contributed by atoms with E-state index in [9.17, 15) is 13.2 Å². The summed E-state index contributed by atoms with van der Waals surface area (Å²) in [5.74, 6) is 0.130. The molecule has 2 saturated heterocycles. The summed E-state index contributed by atoms with van der Waals surface area (Å²) in [6.45, 7) is 13.6. The van der Waals surface area contributed by atoms with Gasteiger partial charge in [-0.3, -0.25) is 4.79 Å². The summed E-state index contributed by atoms with van der Waals surface area (Å²) < 4.78 is 34.9. The van der Waals surface area contributed by atoms with Crippen molar-refractivity contribution in [3.05, 3.63) is 28.8 Å². The number of amides is 1. The molecule has 0 aliphatic carbocycles. The Hall–Kier alpha value is -1.44. The molecule has 0 atom stereocenters. The van der Waals surface area contributed by atoms with Gasteiger partial charge in [0.15, 0.2) is 0 Å². The Morgan fingerprint density at radius 1 is 1.07 bits per heavy atom. The SMILES string of the molecule is Cc1cc(C)c(S(=O)(=O)N2CCOC23CCN(C(=O)CC(C)(C)C)CC3)c(C)c1. The van der Waals surface area contributed by atoms with Crippen molar-refractivity contribution in [3.63, 3.8) is 0 Å². The predicted octanol–water partition coefficient (Wildman–Crippen LogP) is 3.39. The molecule has 0 aromatic heterocycles. The number of carbonyl (C=O) groups is 1. The minimum atomic E-state index is -3.69. The number of sulfonamides is 1. The first kappa shape index (κ1) is 22.2. The smallest absolute Gasteiger partial charge is 0.246 e.